The van der Waals surface area contributed by atoms with Crippen LogP contribution in [0.1, 0.15) is 18.9 Å². The lowest BCUT2D eigenvalue weighted by atomic mass is 9.99. The van der Waals surface area contributed by atoms with Crippen LogP contribution in [0.15, 0.2) is 23.1 Å². The monoisotopic (exact) mass is 287 g/mol. The van der Waals surface area contributed by atoms with Gasteiger partial charge in [-0.1, -0.05) is 13.0 Å². The molecule has 1 heterocycles. The number of nitrogens with zero attached hydrogens (tertiary/aromatic N) is 1. The Balaban J connectivity index is 2.29. The maximum absolute atomic E-state index is 13.5. The van der Waals surface area contributed by atoms with Gasteiger partial charge in [-0.25, -0.2) is 12.8 Å². The van der Waals surface area contributed by atoms with Crippen molar-refractivity contribution in [1.82, 2.24) is 4.31 Å². The van der Waals surface area contributed by atoms with Gasteiger partial charge in [-0.15, -0.1) is 0 Å². The lowest BCUT2D eigenvalue weighted by Crippen LogP contribution is -2.44. The number of rotatable bonds is 2. The standard InChI is InChI=1S/C13H18FNO3S/c1-9-3-4-11(7-12(9)14)19(17,18)15-6-5-13(16)10(2)8-15/h3-4,7,10,13,16H,5-6,8H2,1-2H3. The Kier molecular flexibility index (Phi) is 3.94. The molecule has 1 aliphatic rings. The van der Waals surface area contributed by atoms with Crippen LogP contribution in [-0.2, 0) is 10.0 Å². The highest BCUT2D eigenvalue weighted by Gasteiger charge is 2.32. The summed E-state index contributed by atoms with van der Waals surface area (Å²) in [5.41, 5.74) is 0.418. The van der Waals surface area contributed by atoms with Crippen LogP contribution in [0.25, 0.3) is 0 Å². The van der Waals surface area contributed by atoms with Crippen LogP contribution >= 0.6 is 0 Å². The zero-order valence-corrected chi connectivity index (χ0v) is 11.8. The predicted octanol–water partition coefficient (Wildman–Crippen LogP) is 1.53. The molecule has 0 radical (unpaired) electrons. The van der Waals surface area contributed by atoms with Crippen molar-refractivity contribution in [2.45, 2.75) is 31.3 Å². The molecule has 0 aliphatic carbocycles. The average molecular weight is 287 g/mol. The van der Waals surface area contributed by atoms with Gasteiger partial charge in [0.15, 0.2) is 0 Å². The topological polar surface area (TPSA) is 57.6 Å². The molecule has 1 aliphatic heterocycles. The predicted molar refractivity (Wildman–Crippen MR) is 69.7 cm³/mol. The van der Waals surface area contributed by atoms with Crippen molar-refractivity contribution < 1.29 is 17.9 Å². The molecule has 4 nitrogen and oxygen atoms in total. The fraction of sp³-hybridized carbons (Fsp3) is 0.538. The maximum atomic E-state index is 13.5. The molecule has 106 valence electrons. The molecule has 0 amide bonds. The summed E-state index contributed by atoms with van der Waals surface area (Å²) in [6, 6.07) is 3.94. The summed E-state index contributed by atoms with van der Waals surface area (Å²) >= 11 is 0. The quantitative estimate of drug-likeness (QED) is 0.897. The number of aliphatic hydroxyl groups excluding tert-OH is 1. The van der Waals surface area contributed by atoms with Crippen molar-refractivity contribution in [3.05, 3.63) is 29.6 Å². The van der Waals surface area contributed by atoms with Gasteiger partial charge in [-0.05, 0) is 37.0 Å². The smallest absolute Gasteiger partial charge is 0.243 e. The fourth-order valence-electron chi connectivity index (χ4n) is 2.20. The fourth-order valence-corrected chi connectivity index (χ4v) is 3.76. The van der Waals surface area contributed by atoms with E-state index >= 15 is 0 Å². The van der Waals surface area contributed by atoms with Crippen LogP contribution in [0.3, 0.4) is 0 Å². The molecule has 1 aromatic rings. The second-order valence-corrected chi connectivity index (χ2v) is 7.05. The summed E-state index contributed by atoms with van der Waals surface area (Å²) in [5.74, 6) is -0.634. The van der Waals surface area contributed by atoms with Gasteiger partial charge in [0.25, 0.3) is 0 Å². The summed E-state index contributed by atoms with van der Waals surface area (Å²) in [6.45, 7) is 3.93. The molecule has 0 saturated carbocycles. The largest absolute Gasteiger partial charge is 0.393 e. The first kappa shape index (κ1) is 14.4. The van der Waals surface area contributed by atoms with E-state index in [0.29, 0.717) is 12.0 Å². The van der Waals surface area contributed by atoms with Crippen molar-refractivity contribution in [1.29, 1.82) is 0 Å². The third-order valence-corrected chi connectivity index (χ3v) is 5.46. The van der Waals surface area contributed by atoms with Crippen LogP contribution in [0.5, 0.6) is 0 Å². The summed E-state index contributed by atoms with van der Waals surface area (Å²) in [6.07, 6.45) is -0.0597. The molecule has 6 heteroatoms. The third-order valence-electron chi connectivity index (χ3n) is 3.60. The number of aliphatic hydroxyl groups is 1. The maximum Gasteiger partial charge on any atom is 0.243 e. The number of aryl methyl sites for hydroxylation is 1. The number of sulfonamides is 1. The lowest BCUT2D eigenvalue weighted by molar-refractivity contribution is 0.0628. The highest BCUT2D eigenvalue weighted by Crippen LogP contribution is 2.24. The SMILES string of the molecule is Cc1ccc(S(=O)(=O)N2CCC(O)C(C)C2)cc1F. The van der Waals surface area contributed by atoms with E-state index in [9.17, 15) is 17.9 Å². The summed E-state index contributed by atoms with van der Waals surface area (Å²) in [7, 11) is -3.68. The van der Waals surface area contributed by atoms with Crippen LogP contribution < -0.4 is 0 Å². The van der Waals surface area contributed by atoms with Gasteiger partial charge in [-0.3, -0.25) is 0 Å². The molecule has 0 spiro atoms. The van der Waals surface area contributed by atoms with Gasteiger partial charge < -0.3 is 5.11 Å². The van der Waals surface area contributed by atoms with Gasteiger partial charge in [-0.2, -0.15) is 4.31 Å². The van der Waals surface area contributed by atoms with Gasteiger partial charge in [0.1, 0.15) is 5.82 Å². The molecule has 19 heavy (non-hydrogen) atoms. The molecule has 0 aromatic heterocycles. The Labute approximate surface area is 112 Å². The highest BCUT2D eigenvalue weighted by atomic mass is 32.2. The van der Waals surface area contributed by atoms with E-state index in [4.69, 9.17) is 0 Å². The van der Waals surface area contributed by atoms with Gasteiger partial charge in [0, 0.05) is 13.1 Å². The molecule has 1 saturated heterocycles. The molecule has 2 rings (SSSR count). The number of hydrogen-bond acceptors (Lipinski definition) is 3. The minimum atomic E-state index is -3.68. The molecular weight excluding hydrogens is 269 g/mol. The molecular formula is C13H18FNO3S. The molecule has 2 unspecified atom stereocenters. The van der Waals surface area contributed by atoms with E-state index in [1.807, 2.05) is 6.92 Å². The van der Waals surface area contributed by atoms with Crippen molar-refractivity contribution in [3.8, 4) is 0 Å². The molecule has 1 N–H and O–H groups in total. The van der Waals surface area contributed by atoms with Crippen molar-refractivity contribution >= 4 is 10.0 Å². The van der Waals surface area contributed by atoms with Crippen molar-refractivity contribution in [2.75, 3.05) is 13.1 Å². The van der Waals surface area contributed by atoms with E-state index in [-0.39, 0.29) is 23.9 Å². The van der Waals surface area contributed by atoms with Crippen molar-refractivity contribution in [2.24, 2.45) is 5.92 Å². The van der Waals surface area contributed by atoms with Crippen molar-refractivity contribution in [3.63, 3.8) is 0 Å². The normalized spacial score (nSPS) is 25.5. The summed E-state index contributed by atoms with van der Waals surface area (Å²) in [4.78, 5) is -0.0285. The van der Waals surface area contributed by atoms with E-state index in [2.05, 4.69) is 0 Å². The molecule has 1 aromatic carbocycles. The van der Waals surface area contributed by atoms with E-state index in [1.165, 1.54) is 16.4 Å². The molecule has 0 bridgehead atoms. The Morgan fingerprint density at radius 3 is 2.68 bits per heavy atom. The number of benzene rings is 1. The van der Waals surface area contributed by atoms with Gasteiger partial charge in [0.2, 0.25) is 10.0 Å². The average Bonchev–Trinajstić information content (AvgIpc) is 2.35. The summed E-state index contributed by atoms with van der Waals surface area (Å²) in [5, 5.41) is 9.63. The Morgan fingerprint density at radius 2 is 2.11 bits per heavy atom. The first-order chi connectivity index (χ1) is 8.82. The van der Waals surface area contributed by atoms with Crippen LogP contribution in [0, 0.1) is 18.7 Å². The van der Waals surface area contributed by atoms with Crippen LogP contribution in [0.2, 0.25) is 0 Å². The molecule has 1 fully saturated rings. The Hall–Kier alpha value is -0.980. The minimum Gasteiger partial charge on any atom is -0.393 e. The van der Waals surface area contributed by atoms with Gasteiger partial charge >= 0.3 is 0 Å². The third kappa shape index (κ3) is 2.80. The zero-order valence-electron chi connectivity index (χ0n) is 11.0. The van der Waals surface area contributed by atoms with Crippen LogP contribution in [0.4, 0.5) is 4.39 Å². The van der Waals surface area contributed by atoms with E-state index < -0.39 is 21.9 Å². The Morgan fingerprint density at radius 1 is 1.42 bits per heavy atom. The second-order valence-electron chi connectivity index (χ2n) is 5.11. The van der Waals surface area contributed by atoms with Crippen LogP contribution in [-0.4, -0.2) is 37.0 Å². The summed E-state index contributed by atoms with van der Waals surface area (Å²) < 4.78 is 39.6. The highest BCUT2D eigenvalue weighted by molar-refractivity contribution is 7.89. The molecule has 2 atom stereocenters. The van der Waals surface area contributed by atoms with Gasteiger partial charge in [0.05, 0.1) is 11.0 Å². The minimum absolute atomic E-state index is 0.0285. The van der Waals surface area contributed by atoms with E-state index in [1.54, 1.807) is 6.92 Å². The van der Waals surface area contributed by atoms with E-state index in [0.717, 1.165) is 6.07 Å². The zero-order chi connectivity index (χ0) is 14.2. The number of hydrogen-bond donors (Lipinski definition) is 1. The number of halogens is 1. The Bertz CT molecular complexity index is 573. The second kappa shape index (κ2) is 5.19. The lowest BCUT2D eigenvalue weighted by Gasteiger charge is -2.33. The first-order valence-corrected chi connectivity index (χ1v) is 7.70. The number of piperidine rings is 1. The first-order valence-electron chi connectivity index (χ1n) is 6.26.